The van der Waals surface area contributed by atoms with Gasteiger partial charge in [-0.25, -0.2) is 4.79 Å². The summed E-state index contributed by atoms with van der Waals surface area (Å²) < 4.78 is 5.36. The Kier molecular flexibility index (Phi) is 4.09. The van der Waals surface area contributed by atoms with E-state index in [-0.39, 0.29) is 11.6 Å². The van der Waals surface area contributed by atoms with Crippen molar-refractivity contribution in [2.24, 2.45) is 0 Å². The number of amides is 1. The molecular formula is C22H21N5O3. The lowest BCUT2D eigenvalue weighted by Crippen LogP contribution is -2.07. The van der Waals surface area contributed by atoms with Gasteiger partial charge in [0.25, 0.3) is 0 Å². The van der Waals surface area contributed by atoms with Gasteiger partial charge in [-0.15, -0.1) is 0 Å². The quantitative estimate of drug-likeness (QED) is 0.476. The molecular weight excluding hydrogens is 382 g/mol. The second-order valence-corrected chi connectivity index (χ2v) is 7.84. The van der Waals surface area contributed by atoms with Crippen LogP contribution in [0.1, 0.15) is 42.8 Å². The van der Waals surface area contributed by atoms with Crippen molar-refractivity contribution in [3.05, 3.63) is 52.0 Å². The van der Waals surface area contributed by atoms with E-state index in [1.54, 1.807) is 6.20 Å². The van der Waals surface area contributed by atoms with Crippen LogP contribution in [0.15, 0.2) is 33.7 Å². The van der Waals surface area contributed by atoms with Crippen LogP contribution < -0.4 is 11.0 Å². The summed E-state index contributed by atoms with van der Waals surface area (Å²) >= 11 is 0. The van der Waals surface area contributed by atoms with Crippen LogP contribution in [0.4, 0.5) is 5.69 Å². The molecule has 0 saturated heterocycles. The topological polar surface area (TPSA) is 117 Å². The van der Waals surface area contributed by atoms with Gasteiger partial charge in [-0.2, -0.15) is 0 Å². The third-order valence-corrected chi connectivity index (χ3v) is 5.44. The molecule has 3 aromatic heterocycles. The lowest BCUT2D eigenvalue weighted by atomic mass is 9.94. The van der Waals surface area contributed by atoms with E-state index in [1.165, 1.54) is 6.92 Å². The smallest absolute Gasteiger partial charge is 0.323 e. The minimum atomic E-state index is -0.277. The summed E-state index contributed by atoms with van der Waals surface area (Å²) in [5.41, 5.74) is 7.05. The summed E-state index contributed by atoms with van der Waals surface area (Å²) in [6.07, 6.45) is 3.85. The van der Waals surface area contributed by atoms with Gasteiger partial charge in [0.1, 0.15) is 5.76 Å². The van der Waals surface area contributed by atoms with E-state index in [0.29, 0.717) is 28.4 Å². The summed E-state index contributed by atoms with van der Waals surface area (Å²) in [4.78, 5) is 34.2. The fourth-order valence-corrected chi connectivity index (χ4v) is 4.04. The number of imidazole rings is 1. The van der Waals surface area contributed by atoms with Crippen molar-refractivity contribution in [1.82, 2.24) is 20.1 Å². The molecule has 8 heteroatoms. The van der Waals surface area contributed by atoms with E-state index in [0.717, 1.165) is 46.5 Å². The zero-order chi connectivity index (χ0) is 21.0. The molecule has 1 amide bonds. The Hall–Kier alpha value is -3.68. The van der Waals surface area contributed by atoms with Crippen molar-refractivity contribution in [3.8, 4) is 22.3 Å². The molecule has 1 aliphatic rings. The highest BCUT2D eigenvalue weighted by Crippen LogP contribution is 2.45. The fourth-order valence-electron chi connectivity index (χ4n) is 4.04. The minimum Gasteiger partial charge on any atom is -0.361 e. The predicted octanol–water partition coefficient (Wildman–Crippen LogP) is 4.03. The van der Waals surface area contributed by atoms with Gasteiger partial charge in [0.15, 0.2) is 0 Å². The zero-order valence-corrected chi connectivity index (χ0v) is 16.9. The van der Waals surface area contributed by atoms with Crippen molar-refractivity contribution < 1.29 is 9.32 Å². The number of aromatic amines is 2. The van der Waals surface area contributed by atoms with Crippen LogP contribution in [0.2, 0.25) is 0 Å². The molecule has 0 spiro atoms. The minimum absolute atomic E-state index is 0.161. The molecule has 3 heterocycles. The van der Waals surface area contributed by atoms with Crippen LogP contribution in [-0.2, 0) is 4.79 Å². The average molecular weight is 403 g/mol. The lowest BCUT2D eigenvalue weighted by Gasteiger charge is -2.13. The molecule has 1 saturated carbocycles. The largest absolute Gasteiger partial charge is 0.361 e. The molecule has 5 rings (SSSR count). The standard InChI is InChI=1S/C22H21N5O3/c1-10-19(11(2)30-27-10)14-6-16(21-18(7-14)25-22(29)26-21)17-8-15(24-12(3)28)9-23-20(17)13-4-5-13/h6-9,13H,4-5H2,1-3H3,(H,24,28)(H2,25,26,29). The number of carbonyl (C=O) groups excluding carboxylic acids is 1. The molecule has 0 unspecified atom stereocenters. The molecule has 1 aliphatic carbocycles. The van der Waals surface area contributed by atoms with Crippen LogP contribution in [0, 0.1) is 13.8 Å². The Morgan fingerprint density at radius 2 is 1.97 bits per heavy atom. The molecule has 0 bridgehead atoms. The average Bonchev–Trinajstić information content (AvgIpc) is 3.38. The van der Waals surface area contributed by atoms with Gasteiger partial charge in [0.05, 0.1) is 34.3 Å². The monoisotopic (exact) mass is 403 g/mol. The number of pyridine rings is 1. The van der Waals surface area contributed by atoms with Gasteiger partial charge in [0, 0.05) is 29.5 Å². The Bertz CT molecular complexity index is 1340. The summed E-state index contributed by atoms with van der Waals surface area (Å²) in [7, 11) is 0. The molecule has 30 heavy (non-hydrogen) atoms. The summed E-state index contributed by atoms with van der Waals surface area (Å²) in [6.45, 7) is 5.23. The van der Waals surface area contributed by atoms with E-state index in [9.17, 15) is 9.59 Å². The van der Waals surface area contributed by atoms with Gasteiger partial charge in [-0.05, 0) is 50.5 Å². The molecule has 0 radical (unpaired) electrons. The first-order valence-corrected chi connectivity index (χ1v) is 9.88. The molecule has 4 aromatic rings. The first kappa shape index (κ1) is 18.4. The SMILES string of the molecule is CC(=O)Nc1cnc(C2CC2)c(-c2cc(-c3c(C)noc3C)cc3[nH]c(=O)[nH]c23)c1. The number of hydrogen-bond acceptors (Lipinski definition) is 5. The third-order valence-electron chi connectivity index (χ3n) is 5.44. The van der Waals surface area contributed by atoms with Crippen LogP contribution >= 0.6 is 0 Å². The maximum absolute atomic E-state index is 12.1. The van der Waals surface area contributed by atoms with Crippen molar-refractivity contribution in [2.45, 2.75) is 39.5 Å². The number of benzene rings is 1. The van der Waals surface area contributed by atoms with Crippen molar-refractivity contribution in [2.75, 3.05) is 5.32 Å². The molecule has 1 fully saturated rings. The van der Waals surface area contributed by atoms with Gasteiger partial charge in [0.2, 0.25) is 5.91 Å². The summed E-state index contributed by atoms with van der Waals surface area (Å²) in [6, 6.07) is 5.88. The molecule has 0 aliphatic heterocycles. The highest BCUT2D eigenvalue weighted by Gasteiger charge is 2.29. The van der Waals surface area contributed by atoms with E-state index in [4.69, 9.17) is 4.52 Å². The van der Waals surface area contributed by atoms with E-state index in [1.807, 2.05) is 32.0 Å². The van der Waals surface area contributed by atoms with Gasteiger partial charge in [-0.1, -0.05) is 5.16 Å². The number of hydrogen-bond donors (Lipinski definition) is 3. The molecule has 0 atom stereocenters. The number of H-pyrrole nitrogens is 2. The van der Waals surface area contributed by atoms with Crippen molar-refractivity contribution in [3.63, 3.8) is 0 Å². The highest BCUT2D eigenvalue weighted by molar-refractivity contribution is 5.98. The number of rotatable bonds is 4. The first-order chi connectivity index (χ1) is 14.4. The highest BCUT2D eigenvalue weighted by atomic mass is 16.5. The molecule has 1 aromatic carbocycles. The van der Waals surface area contributed by atoms with Gasteiger partial charge >= 0.3 is 5.69 Å². The second-order valence-electron chi connectivity index (χ2n) is 7.84. The van der Waals surface area contributed by atoms with Gasteiger partial charge in [-0.3, -0.25) is 9.78 Å². The van der Waals surface area contributed by atoms with E-state index < -0.39 is 0 Å². The third kappa shape index (κ3) is 3.10. The van der Waals surface area contributed by atoms with Crippen LogP contribution in [0.5, 0.6) is 0 Å². The van der Waals surface area contributed by atoms with E-state index in [2.05, 4.69) is 25.4 Å². The summed E-state index contributed by atoms with van der Waals surface area (Å²) in [5.74, 6) is 0.935. The number of aryl methyl sites for hydroxylation is 2. The number of aromatic nitrogens is 4. The van der Waals surface area contributed by atoms with Crippen LogP contribution in [-0.4, -0.2) is 26.0 Å². The Morgan fingerprint density at radius 1 is 1.17 bits per heavy atom. The number of nitrogens with zero attached hydrogens (tertiary/aromatic N) is 2. The van der Waals surface area contributed by atoms with E-state index >= 15 is 0 Å². The van der Waals surface area contributed by atoms with Crippen LogP contribution in [0.25, 0.3) is 33.3 Å². The molecule has 152 valence electrons. The Labute approximate surface area is 171 Å². The number of anilines is 1. The van der Waals surface area contributed by atoms with Gasteiger partial charge < -0.3 is 19.8 Å². The Balaban J connectivity index is 1.80. The molecule has 3 N–H and O–H groups in total. The lowest BCUT2D eigenvalue weighted by molar-refractivity contribution is -0.114. The summed E-state index contributed by atoms with van der Waals surface area (Å²) in [5, 5.41) is 6.88. The van der Waals surface area contributed by atoms with Crippen molar-refractivity contribution in [1.29, 1.82) is 0 Å². The van der Waals surface area contributed by atoms with Crippen molar-refractivity contribution >= 4 is 22.6 Å². The predicted molar refractivity (Wildman–Crippen MR) is 113 cm³/mol. The number of carbonyl (C=O) groups is 1. The maximum atomic E-state index is 12.1. The zero-order valence-electron chi connectivity index (χ0n) is 16.9. The fraction of sp³-hybridized carbons (Fsp3) is 0.273. The van der Waals surface area contributed by atoms with Crippen LogP contribution in [0.3, 0.4) is 0 Å². The number of nitrogens with one attached hydrogen (secondary N) is 3. The first-order valence-electron chi connectivity index (χ1n) is 9.88. The second kappa shape index (κ2) is 6.69. The number of fused-ring (bicyclic) bond motifs is 1. The maximum Gasteiger partial charge on any atom is 0.323 e. The molecule has 8 nitrogen and oxygen atoms in total. The Morgan fingerprint density at radius 3 is 2.63 bits per heavy atom. The normalized spacial score (nSPS) is 13.7.